The molecule has 4 rings (SSSR count). The lowest BCUT2D eigenvalue weighted by atomic mass is 9.98. The van der Waals surface area contributed by atoms with Crippen LogP contribution >= 0.6 is 0 Å². The summed E-state index contributed by atoms with van der Waals surface area (Å²) in [5, 5.41) is 18.1. The molecule has 0 aliphatic carbocycles. The highest BCUT2D eigenvalue weighted by atomic mass is 19.1. The van der Waals surface area contributed by atoms with Gasteiger partial charge in [0, 0.05) is 43.4 Å². The van der Waals surface area contributed by atoms with Crippen molar-refractivity contribution in [2.24, 2.45) is 0 Å². The van der Waals surface area contributed by atoms with E-state index in [4.69, 9.17) is 5.11 Å². The van der Waals surface area contributed by atoms with E-state index in [1.807, 2.05) is 55.6 Å². The molecular formula is C29H29FN4O4. The smallest absolute Gasteiger partial charge is 0.303 e. The number of hydrogen-bond donors (Lipinski definition) is 4. The number of benzene rings is 3. The number of amides is 2. The molecule has 0 saturated heterocycles. The normalized spacial score (nSPS) is 13.5. The Kier molecular flexibility index (Phi) is 8.18. The minimum Gasteiger partial charge on any atom is -0.481 e. The number of aryl methyl sites for hydroxylation is 1. The van der Waals surface area contributed by atoms with E-state index in [-0.39, 0.29) is 18.2 Å². The summed E-state index contributed by atoms with van der Waals surface area (Å²) >= 11 is 0. The molecule has 2 amide bonds. The third-order valence-corrected chi connectivity index (χ3v) is 6.26. The van der Waals surface area contributed by atoms with Crippen molar-refractivity contribution in [2.45, 2.75) is 19.8 Å². The fourth-order valence-electron chi connectivity index (χ4n) is 4.32. The maximum absolute atomic E-state index is 13.8. The highest BCUT2D eigenvalue weighted by molar-refractivity contribution is 6.37. The van der Waals surface area contributed by atoms with Gasteiger partial charge in [0.25, 0.3) is 5.91 Å². The molecule has 0 aromatic heterocycles. The van der Waals surface area contributed by atoms with E-state index < -0.39 is 11.8 Å². The maximum Gasteiger partial charge on any atom is 0.303 e. The van der Waals surface area contributed by atoms with Crippen molar-refractivity contribution in [3.8, 4) is 0 Å². The van der Waals surface area contributed by atoms with E-state index in [9.17, 15) is 18.8 Å². The monoisotopic (exact) mass is 516 g/mol. The molecule has 0 fully saturated rings. The molecule has 9 heteroatoms. The Hall–Kier alpha value is -4.50. The number of fused-ring (bicyclic) bond motifs is 1. The molecule has 38 heavy (non-hydrogen) atoms. The molecule has 8 nitrogen and oxygen atoms in total. The molecule has 1 heterocycles. The van der Waals surface area contributed by atoms with Gasteiger partial charge >= 0.3 is 5.97 Å². The van der Waals surface area contributed by atoms with Gasteiger partial charge in [0.05, 0.1) is 17.0 Å². The van der Waals surface area contributed by atoms with Gasteiger partial charge in [-0.1, -0.05) is 24.3 Å². The van der Waals surface area contributed by atoms with E-state index in [2.05, 4.69) is 16.0 Å². The van der Waals surface area contributed by atoms with Gasteiger partial charge in [-0.25, -0.2) is 4.39 Å². The van der Waals surface area contributed by atoms with Crippen LogP contribution in [-0.4, -0.2) is 43.0 Å². The predicted octanol–water partition coefficient (Wildman–Crippen LogP) is 4.35. The zero-order chi connectivity index (χ0) is 27.2. The van der Waals surface area contributed by atoms with Gasteiger partial charge in [0.15, 0.2) is 0 Å². The number of carboxylic acid groups (broad SMARTS) is 1. The fraction of sp³-hybridized carbons (Fsp3) is 0.207. The minimum absolute atomic E-state index is 0.0187. The topological polar surface area (TPSA) is 111 Å². The number of hydrogen-bond acceptors (Lipinski definition) is 5. The van der Waals surface area contributed by atoms with Gasteiger partial charge < -0.3 is 26.0 Å². The number of likely N-dealkylation sites (N-methyl/N-ethyl adjacent to an activating group) is 1. The van der Waals surface area contributed by atoms with Crippen LogP contribution in [0, 0.1) is 5.82 Å². The third kappa shape index (κ3) is 6.07. The van der Waals surface area contributed by atoms with Crippen LogP contribution in [0.15, 0.2) is 66.7 Å². The second-order valence-corrected chi connectivity index (χ2v) is 8.93. The van der Waals surface area contributed by atoms with E-state index in [0.29, 0.717) is 53.3 Å². The van der Waals surface area contributed by atoms with E-state index >= 15 is 0 Å². The van der Waals surface area contributed by atoms with Crippen molar-refractivity contribution in [3.63, 3.8) is 0 Å². The summed E-state index contributed by atoms with van der Waals surface area (Å²) in [6.07, 6.45) is 0.407. The molecule has 3 aromatic carbocycles. The summed E-state index contributed by atoms with van der Waals surface area (Å²) in [5.41, 5.74) is 4.83. The molecule has 0 spiro atoms. The van der Waals surface area contributed by atoms with Gasteiger partial charge in [-0.15, -0.1) is 0 Å². The van der Waals surface area contributed by atoms with E-state index in [1.54, 1.807) is 11.0 Å². The summed E-state index contributed by atoms with van der Waals surface area (Å²) < 4.78 is 13.8. The fourth-order valence-corrected chi connectivity index (χ4v) is 4.32. The summed E-state index contributed by atoms with van der Waals surface area (Å²) in [4.78, 5) is 37.8. The molecule has 1 aliphatic rings. The van der Waals surface area contributed by atoms with Crippen LogP contribution < -0.4 is 20.9 Å². The lowest BCUT2D eigenvalue weighted by Gasteiger charge is -2.22. The molecular weight excluding hydrogens is 487 g/mol. The molecule has 1 aliphatic heterocycles. The zero-order valence-electron chi connectivity index (χ0n) is 21.2. The van der Waals surface area contributed by atoms with Crippen LogP contribution in [0.25, 0.3) is 11.3 Å². The van der Waals surface area contributed by atoms with Crippen molar-refractivity contribution < 1.29 is 23.9 Å². The highest BCUT2D eigenvalue weighted by Gasteiger charge is 2.29. The second kappa shape index (κ2) is 11.7. The molecule has 0 atom stereocenters. The van der Waals surface area contributed by atoms with Gasteiger partial charge in [0.2, 0.25) is 5.91 Å². The van der Waals surface area contributed by atoms with Crippen LogP contribution in [0.3, 0.4) is 0 Å². The molecule has 4 N–H and O–H groups in total. The first-order valence-electron chi connectivity index (χ1n) is 12.2. The SMILES string of the molecule is CNCCN(C(C)=O)c1ccc(N/C(=C2\C(=O)Nc3cc(F)ccc32)c2ccc(CCC(=O)O)cc2)cc1. The summed E-state index contributed by atoms with van der Waals surface area (Å²) in [6, 6.07) is 18.8. The Labute approximate surface area is 220 Å². The molecule has 0 unspecified atom stereocenters. The van der Waals surface area contributed by atoms with Crippen LogP contribution in [-0.2, 0) is 20.8 Å². The molecule has 196 valence electrons. The average molecular weight is 517 g/mol. The number of carbonyl (C=O) groups excluding carboxylic acids is 2. The standard InChI is InChI=1S/C29H29FN4O4/c1-18(35)34(16-15-31-2)23-11-9-22(10-12-23)32-28(20-6-3-19(4-7-20)5-14-26(36)37)27-24-13-8-21(30)17-25(24)33-29(27)38/h3-4,6-13,17,31-32H,5,14-16H2,1-2H3,(H,33,38)(H,36,37)/b28-27-. The van der Waals surface area contributed by atoms with Gasteiger partial charge in [-0.2, -0.15) is 0 Å². The number of carboxylic acids is 1. The molecule has 3 aromatic rings. The Balaban J connectivity index is 1.72. The third-order valence-electron chi connectivity index (χ3n) is 6.26. The van der Waals surface area contributed by atoms with Gasteiger partial charge in [-0.3, -0.25) is 14.4 Å². The second-order valence-electron chi connectivity index (χ2n) is 8.93. The Morgan fingerprint density at radius 3 is 2.37 bits per heavy atom. The minimum atomic E-state index is -0.872. The first-order valence-corrected chi connectivity index (χ1v) is 12.2. The van der Waals surface area contributed by atoms with Crippen molar-refractivity contribution >= 4 is 46.1 Å². The van der Waals surface area contributed by atoms with E-state index in [0.717, 1.165) is 11.3 Å². The number of nitrogens with zero attached hydrogens (tertiary/aromatic N) is 1. The quantitative estimate of drug-likeness (QED) is 0.298. The summed E-state index contributed by atoms with van der Waals surface area (Å²) in [7, 11) is 1.82. The van der Waals surface area contributed by atoms with Crippen LogP contribution in [0.1, 0.15) is 30.0 Å². The highest BCUT2D eigenvalue weighted by Crippen LogP contribution is 2.38. The van der Waals surface area contributed by atoms with Crippen molar-refractivity contribution in [1.82, 2.24) is 5.32 Å². The van der Waals surface area contributed by atoms with Crippen molar-refractivity contribution in [2.75, 3.05) is 35.7 Å². The largest absolute Gasteiger partial charge is 0.481 e. The predicted molar refractivity (Wildman–Crippen MR) is 146 cm³/mol. The molecule has 0 radical (unpaired) electrons. The zero-order valence-corrected chi connectivity index (χ0v) is 21.2. The number of anilines is 3. The Bertz CT molecular complexity index is 1380. The lowest BCUT2D eigenvalue weighted by molar-refractivity contribution is -0.137. The van der Waals surface area contributed by atoms with E-state index in [1.165, 1.54) is 19.1 Å². The number of nitrogens with one attached hydrogen (secondary N) is 3. The van der Waals surface area contributed by atoms with Crippen LogP contribution in [0.5, 0.6) is 0 Å². The van der Waals surface area contributed by atoms with Crippen LogP contribution in [0.2, 0.25) is 0 Å². The number of rotatable bonds is 10. The maximum atomic E-state index is 13.8. The first-order chi connectivity index (χ1) is 18.3. The summed E-state index contributed by atoms with van der Waals surface area (Å²) in [6.45, 7) is 2.69. The lowest BCUT2D eigenvalue weighted by Crippen LogP contribution is -2.34. The van der Waals surface area contributed by atoms with Crippen molar-refractivity contribution in [3.05, 3.63) is 89.2 Å². The Morgan fingerprint density at radius 1 is 1.03 bits per heavy atom. The van der Waals surface area contributed by atoms with Crippen molar-refractivity contribution in [1.29, 1.82) is 0 Å². The Morgan fingerprint density at radius 2 is 1.74 bits per heavy atom. The van der Waals surface area contributed by atoms with Gasteiger partial charge in [0.1, 0.15) is 5.82 Å². The molecule has 0 saturated carbocycles. The number of carbonyl (C=O) groups is 3. The number of halogens is 1. The first kappa shape index (κ1) is 26.6. The van der Waals surface area contributed by atoms with Crippen LogP contribution in [0.4, 0.5) is 21.5 Å². The summed E-state index contributed by atoms with van der Waals surface area (Å²) in [5.74, 6) is -1.76. The molecule has 0 bridgehead atoms. The average Bonchev–Trinajstić information content (AvgIpc) is 3.21. The number of aliphatic carboxylic acids is 1. The van der Waals surface area contributed by atoms with Gasteiger partial charge in [-0.05, 0) is 67.1 Å².